The number of piperidine rings is 1. The molecule has 1 aliphatic rings. The highest BCUT2D eigenvalue weighted by Crippen LogP contribution is 2.20. The molecule has 1 fully saturated rings. The predicted molar refractivity (Wildman–Crippen MR) is 75.3 cm³/mol. The van der Waals surface area contributed by atoms with E-state index in [1.165, 1.54) is 6.42 Å². The number of aromatic nitrogens is 1. The molecule has 1 unspecified atom stereocenters. The minimum Gasteiger partial charge on any atom is -0.380 e. The lowest BCUT2D eigenvalue weighted by atomic mass is 10.1. The molecule has 2 heterocycles. The van der Waals surface area contributed by atoms with Crippen molar-refractivity contribution in [2.45, 2.75) is 32.3 Å². The van der Waals surface area contributed by atoms with Gasteiger partial charge in [-0.05, 0) is 31.4 Å². The van der Waals surface area contributed by atoms with Crippen molar-refractivity contribution < 1.29 is 4.74 Å². The van der Waals surface area contributed by atoms with E-state index in [9.17, 15) is 0 Å². The van der Waals surface area contributed by atoms with E-state index in [4.69, 9.17) is 4.74 Å². The molecule has 0 amide bonds. The first-order chi connectivity index (χ1) is 8.83. The number of ether oxygens (including phenoxy) is 1. The average Bonchev–Trinajstić information content (AvgIpc) is 2.45. The average molecular weight is 249 g/mol. The number of hydrogen-bond acceptors (Lipinski definition) is 4. The number of methoxy groups -OCH3 is 1. The summed E-state index contributed by atoms with van der Waals surface area (Å²) < 4.78 is 5.45. The van der Waals surface area contributed by atoms with Gasteiger partial charge in [-0.1, -0.05) is 13.0 Å². The van der Waals surface area contributed by atoms with Gasteiger partial charge < -0.3 is 15.0 Å². The molecule has 100 valence electrons. The van der Waals surface area contributed by atoms with Crippen LogP contribution in [0.5, 0.6) is 0 Å². The van der Waals surface area contributed by atoms with Crippen LogP contribution >= 0.6 is 0 Å². The van der Waals surface area contributed by atoms with E-state index in [1.54, 1.807) is 7.11 Å². The summed E-state index contributed by atoms with van der Waals surface area (Å²) in [7, 11) is 1.79. The van der Waals surface area contributed by atoms with Crippen molar-refractivity contribution in [3.8, 4) is 0 Å². The van der Waals surface area contributed by atoms with Crippen molar-refractivity contribution in [2.24, 2.45) is 0 Å². The van der Waals surface area contributed by atoms with Gasteiger partial charge in [0.1, 0.15) is 11.6 Å². The summed E-state index contributed by atoms with van der Waals surface area (Å²) >= 11 is 0. The number of nitrogens with one attached hydrogen (secondary N) is 1. The molecule has 1 aliphatic heterocycles. The number of nitrogens with zero attached hydrogens (tertiary/aromatic N) is 2. The minimum absolute atomic E-state index is 0.341. The van der Waals surface area contributed by atoms with Crippen molar-refractivity contribution >= 4 is 11.6 Å². The van der Waals surface area contributed by atoms with Gasteiger partial charge in [0.25, 0.3) is 0 Å². The second-order valence-corrected chi connectivity index (χ2v) is 4.75. The van der Waals surface area contributed by atoms with E-state index >= 15 is 0 Å². The van der Waals surface area contributed by atoms with E-state index in [-0.39, 0.29) is 0 Å². The van der Waals surface area contributed by atoms with Crippen LogP contribution in [-0.4, -0.2) is 37.8 Å². The monoisotopic (exact) mass is 249 g/mol. The van der Waals surface area contributed by atoms with Crippen LogP contribution in [-0.2, 0) is 4.74 Å². The summed E-state index contributed by atoms with van der Waals surface area (Å²) in [4.78, 5) is 6.98. The topological polar surface area (TPSA) is 37.4 Å². The fourth-order valence-corrected chi connectivity index (χ4v) is 2.29. The Hall–Kier alpha value is -1.29. The van der Waals surface area contributed by atoms with Crippen molar-refractivity contribution in [3.05, 3.63) is 18.2 Å². The van der Waals surface area contributed by atoms with E-state index < -0.39 is 0 Å². The summed E-state index contributed by atoms with van der Waals surface area (Å²) in [6.07, 6.45) is 3.78. The standard InChI is InChI=1S/C14H23N3O/c1-3-9-15-13-7-4-8-14(16-13)17-10-5-6-12(11-17)18-2/h4,7-8,12H,3,5-6,9-11H2,1-2H3,(H,15,16). The Kier molecular flexibility index (Phi) is 4.81. The van der Waals surface area contributed by atoms with Gasteiger partial charge in [-0.15, -0.1) is 0 Å². The molecule has 1 N–H and O–H groups in total. The zero-order valence-electron chi connectivity index (χ0n) is 11.4. The van der Waals surface area contributed by atoms with Crippen molar-refractivity contribution in [1.29, 1.82) is 0 Å². The number of anilines is 2. The Morgan fingerprint density at radius 1 is 1.50 bits per heavy atom. The van der Waals surface area contributed by atoms with Crippen molar-refractivity contribution in [1.82, 2.24) is 4.98 Å². The highest BCUT2D eigenvalue weighted by Gasteiger charge is 2.20. The molecule has 1 saturated heterocycles. The zero-order chi connectivity index (χ0) is 12.8. The molecule has 4 heteroatoms. The van der Waals surface area contributed by atoms with Crippen LogP contribution in [0.1, 0.15) is 26.2 Å². The number of pyridine rings is 1. The second-order valence-electron chi connectivity index (χ2n) is 4.75. The molecule has 1 atom stereocenters. The molecule has 4 nitrogen and oxygen atoms in total. The maximum Gasteiger partial charge on any atom is 0.131 e. The van der Waals surface area contributed by atoms with Crippen LogP contribution in [0.4, 0.5) is 11.6 Å². The van der Waals surface area contributed by atoms with Gasteiger partial charge in [0.05, 0.1) is 6.10 Å². The molecule has 18 heavy (non-hydrogen) atoms. The third kappa shape index (κ3) is 3.35. The molecule has 0 bridgehead atoms. The van der Waals surface area contributed by atoms with Crippen LogP contribution in [0.2, 0.25) is 0 Å². The third-order valence-corrected chi connectivity index (χ3v) is 3.33. The van der Waals surface area contributed by atoms with Crippen LogP contribution in [0.25, 0.3) is 0 Å². The fourth-order valence-electron chi connectivity index (χ4n) is 2.29. The van der Waals surface area contributed by atoms with Crippen molar-refractivity contribution in [2.75, 3.05) is 37.0 Å². The maximum absolute atomic E-state index is 5.45. The lowest BCUT2D eigenvalue weighted by Crippen LogP contribution is -2.39. The Balaban J connectivity index is 2.02. The van der Waals surface area contributed by atoms with Gasteiger partial charge in [-0.2, -0.15) is 0 Å². The molecular weight excluding hydrogens is 226 g/mol. The van der Waals surface area contributed by atoms with E-state index in [0.717, 1.165) is 44.1 Å². The van der Waals surface area contributed by atoms with Gasteiger partial charge in [-0.3, -0.25) is 0 Å². The van der Waals surface area contributed by atoms with E-state index in [0.29, 0.717) is 6.10 Å². The summed E-state index contributed by atoms with van der Waals surface area (Å²) in [6, 6.07) is 6.17. The summed E-state index contributed by atoms with van der Waals surface area (Å²) in [6.45, 7) is 5.15. The first-order valence-electron chi connectivity index (χ1n) is 6.82. The zero-order valence-corrected chi connectivity index (χ0v) is 11.4. The molecule has 0 radical (unpaired) electrons. The Labute approximate surface area is 109 Å². The molecular formula is C14H23N3O. The molecule has 1 aromatic heterocycles. The molecule has 2 rings (SSSR count). The molecule has 0 aromatic carbocycles. The lowest BCUT2D eigenvalue weighted by molar-refractivity contribution is 0.0891. The molecule has 0 spiro atoms. The molecule has 0 aliphatic carbocycles. The molecule has 0 saturated carbocycles. The van der Waals surface area contributed by atoms with Crippen LogP contribution < -0.4 is 10.2 Å². The first kappa shape index (κ1) is 13.1. The van der Waals surface area contributed by atoms with Crippen LogP contribution in [0, 0.1) is 0 Å². The highest BCUT2D eigenvalue weighted by atomic mass is 16.5. The first-order valence-corrected chi connectivity index (χ1v) is 6.82. The van der Waals surface area contributed by atoms with E-state index in [1.807, 2.05) is 6.07 Å². The lowest BCUT2D eigenvalue weighted by Gasteiger charge is -2.32. The third-order valence-electron chi connectivity index (χ3n) is 3.33. The number of rotatable bonds is 5. The quantitative estimate of drug-likeness (QED) is 0.870. The summed E-state index contributed by atoms with van der Waals surface area (Å²) in [5, 5.41) is 3.33. The predicted octanol–water partition coefficient (Wildman–Crippen LogP) is 2.52. The summed E-state index contributed by atoms with van der Waals surface area (Å²) in [5.41, 5.74) is 0. The van der Waals surface area contributed by atoms with Gasteiger partial charge >= 0.3 is 0 Å². The molecule has 1 aromatic rings. The van der Waals surface area contributed by atoms with Gasteiger partial charge in [0, 0.05) is 26.7 Å². The van der Waals surface area contributed by atoms with Crippen molar-refractivity contribution in [3.63, 3.8) is 0 Å². The minimum atomic E-state index is 0.341. The normalized spacial score (nSPS) is 19.9. The summed E-state index contributed by atoms with van der Waals surface area (Å²) in [5.74, 6) is 2.02. The Morgan fingerprint density at radius 3 is 3.17 bits per heavy atom. The fraction of sp³-hybridized carbons (Fsp3) is 0.643. The number of hydrogen-bond donors (Lipinski definition) is 1. The Morgan fingerprint density at radius 2 is 2.39 bits per heavy atom. The van der Waals surface area contributed by atoms with Gasteiger partial charge in [0.15, 0.2) is 0 Å². The van der Waals surface area contributed by atoms with Gasteiger partial charge in [-0.25, -0.2) is 4.98 Å². The Bertz CT molecular complexity index is 370. The SMILES string of the molecule is CCCNc1cccc(N2CCCC(OC)C2)n1. The highest BCUT2D eigenvalue weighted by molar-refractivity contribution is 5.47. The van der Waals surface area contributed by atoms with Gasteiger partial charge in [0.2, 0.25) is 0 Å². The largest absolute Gasteiger partial charge is 0.380 e. The van der Waals surface area contributed by atoms with E-state index in [2.05, 4.69) is 34.3 Å². The van der Waals surface area contributed by atoms with Crippen LogP contribution in [0.15, 0.2) is 18.2 Å². The second kappa shape index (κ2) is 6.59. The smallest absolute Gasteiger partial charge is 0.131 e. The van der Waals surface area contributed by atoms with Crippen LogP contribution in [0.3, 0.4) is 0 Å². The maximum atomic E-state index is 5.45.